The Morgan fingerprint density at radius 2 is 2.00 bits per heavy atom. The van der Waals surface area contributed by atoms with Gasteiger partial charge in [0.25, 0.3) is 5.91 Å². The van der Waals surface area contributed by atoms with Crippen LogP contribution in [0.5, 0.6) is 0 Å². The number of carbonyl (C=O) groups is 1. The summed E-state index contributed by atoms with van der Waals surface area (Å²) in [5.74, 6) is -0.134. The maximum atomic E-state index is 12.2. The van der Waals surface area contributed by atoms with Gasteiger partial charge in [-0.3, -0.25) is 9.78 Å². The summed E-state index contributed by atoms with van der Waals surface area (Å²) in [6, 6.07) is 5.39. The molecule has 0 spiro atoms. The molecule has 0 N–H and O–H groups in total. The van der Waals surface area contributed by atoms with E-state index in [2.05, 4.69) is 9.97 Å². The fourth-order valence-electron chi connectivity index (χ4n) is 1.71. The molecule has 6 heteroatoms. The molecule has 104 valence electrons. The topological polar surface area (TPSA) is 46.1 Å². The third-order valence-electron chi connectivity index (χ3n) is 2.88. The number of nitrogens with zero attached hydrogens (tertiary/aromatic N) is 3. The van der Waals surface area contributed by atoms with Crippen LogP contribution >= 0.6 is 23.2 Å². The van der Waals surface area contributed by atoms with Crippen molar-refractivity contribution in [3.8, 4) is 0 Å². The third-order valence-corrected chi connectivity index (χ3v) is 3.56. The Labute approximate surface area is 127 Å². The van der Waals surface area contributed by atoms with Crippen molar-refractivity contribution >= 4 is 29.1 Å². The van der Waals surface area contributed by atoms with Gasteiger partial charge in [0.15, 0.2) is 0 Å². The standard InChI is InChI=1S/C14H13Cl2N3O/c1-19(7-4-10-2-5-17-6-3-10)14(20)11-8-12(15)13(16)18-9-11/h2-3,5-6,8-9H,4,7H2,1H3. The van der Waals surface area contributed by atoms with Gasteiger partial charge >= 0.3 is 0 Å². The molecule has 0 saturated carbocycles. The van der Waals surface area contributed by atoms with E-state index in [1.165, 1.54) is 12.3 Å². The van der Waals surface area contributed by atoms with Crippen LogP contribution in [0.3, 0.4) is 0 Å². The van der Waals surface area contributed by atoms with E-state index < -0.39 is 0 Å². The van der Waals surface area contributed by atoms with Gasteiger partial charge in [0, 0.05) is 32.2 Å². The van der Waals surface area contributed by atoms with Gasteiger partial charge < -0.3 is 4.90 Å². The molecule has 2 aromatic rings. The second-order valence-corrected chi connectivity index (χ2v) is 5.09. The molecule has 0 aromatic carbocycles. The Hall–Kier alpha value is -1.65. The first-order valence-corrected chi connectivity index (χ1v) is 6.79. The number of aromatic nitrogens is 2. The van der Waals surface area contributed by atoms with Crippen molar-refractivity contribution in [1.29, 1.82) is 0 Å². The molecule has 0 saturated heterocycles. The number of hydrogen-bond acceptors (Lipinski definition) is 3. The minimum Gasteiger partial charge on any atom is -0.341 e. The van der Waals surface area contributed by atoms with E-state index in [0.29, 0.717) is 12.1 Å². The lowest BCUT2D eigenvalue weighted by Crippen LogP contribution is -2.29. The Morgan fingerprint density at radius 1 is 1.30 bits per heavy atom. The molecular weight excluding hydrogens is 297 g/mol. The van der Waals surface area contributed by atoms with E-state index in [0.717, 1.165) is 12.0 Å². The van der Waals surface area contributed by atoms with Crippen LogP contribution in [0, 0.1) is 0 Å². The van der Waals surface area contributed by atoms with Crippen LogP contribution in [0.2, 0.25) is 10.2 Å². The maximum absolute atomic E-state index is 12.2. The van der Waals surface area contributed by atoms with Crippen molar-refractivity contribution in [3.63, 3.8) is 0 Å². The Kier molecular flexibility index (Phi) is 4.93. The molecule has 0 unspecified atom stereocenters. The number of rotatable bonds is 4. The minimum absolute atomic E-state index is 0.134. The fourth-order valence-corrected chi connectivity index (χ4v) is 1.98. The zero-order chi connectivity index (χ0) is 14.5. The average molecular weight is 310 g/mol. The molecule has 2 aromatic heterocycles. The van der Waals surface area contributed by atoms with Gasteiger partial charge in [-0.25, -0.2) is 4.98 Å². The van der Waals surface area contributed by atoms with Gasteiger partial charge in [0.2, 0.25) is 0 Å². The monoisotopic (exact) mass is 309 g/mol. The Balaban J connectivity index is 1.99. The average Bonchev–Trinajstić information content (AvgIpc) is 2.48. The quantitative estimate of drug-likeness (QED) is 0.815. The first-order valence-electron chi connectivity index (χ1n) is 6.03. The van der Waals surface area contributed by atoms with Gasteiger partial charge in [0.05, 0.1) is 10.6 Å². The lowest BCUT2D eigenvalue weighted by Gasteiger charge is -2.17. The molecule has 0 bridgehead atoms. The minimum atomic E-state index is -0.134. The molecule has 0 aliphatic heterocycles. The van der Waals surface area contributed by atoms with Gasteiger partial charge in [-0.2, -0.15) is 0 Å². The highest BCUT2D eigenvalue weighted by atomic mass is 35.5. The summed E-state index contributed by atoms with van der Waals surface area (Å²) < 4.78 is 0. The van der Waals surface area contributed by atoms with Crippen molar-refractivity contribution < 1.29 is 4.79 Å². The molecule has 4 nitrogen and oxygen atoms in total. The molecule has 1 amide bonds. The van der Waals surface area contributed by atoms with Crippen molar-refractivity contribution in [2.24, 2.45) is 0 Å². The highest BCUT2D eigenvalue weighted by molar-refractivity contribution is 6.41. The Morgan fingerprint density at radius 3 is 2.65 bits per heavy atom. The normalized spacial score (nSPS) is 10.3. The van der Waals surface area contributed by atoms with Crippen LogP contribution in [-0.2, 0) is 6.42 Å². The fraction of sp³-hybridized carbons (Fsp3) is 0.214. The summed E-state index contributed by atoms with van der Waals surface area (Å²) in [6.45, 7) is 0.600. The molecule has 0 atom stereocenters. The van der Waals surface area contributed by atoms with Crippen molar-refractivity contribution in [2.75, 3.05) is 13.6 Å². The van der Waals surface area contributed by atoms with Crippen LogP contribution in [-0.4, -0.2) is 34.4 Å². The molecule has 0 fully saturated rings. The number of pyridine rings is 2. The second-order valence-electron chi connectivity index (χ2n) is 4.33. The van der Waals surface area contributed by atoms with E-state index in [1.54, 1.807) is 24.3 Å². The SMILES string of the molecule is CN(CCc1ccncc1)C(=O)c1cnc(Cl)c(Cl)c1. The summed E-state index contributed by atoms with van der Waals surface area (Å²) >= 11 is 11.6. The summed E-state index contributed by atoms with van der Waals surface area (Å²) in [5.41, 5.74) is 1.56. The zero-order valence-corrected chi connectivity index (χ0v) is 12.4. The summed E-state index contributed by atoms with van der Waals surface area (Å²) in [7, 11) is 1.74. The lowest BCUT2D eigenvalue weighted by molar-refractivity contribution is 0.0796. The highest BCUT2D eigenvalue weighted by Crippen LogP contribution is 2.20. The number of halogens is 2. The van der Waals surface area contributed by atoms with Gasteiger partial charge in [-0.1, -0.05) is 23.2 Å². The molecule has 0 aliphatic carbocycles. The first kappa shape index (κ1) is 14.8. The second kappa shape index (κ2) is 6.68. The van der Waals surface area contributed by atoms with Gasteiger partial charge in [0.1, 0.15) is 5.15 Å². The van der Waals surface area contributed by atoms with Crippen molar-refractivity contribution in [3.05, 3.63) is 58.1 Å². The third kappa shape index (κ3) is 3.68. The van der Waals surface area contributed by atoms with Crippen LogP contribution in [0.1, 0.15) is 15.9 Å². The van der Waals surface area contributed by atoms with E-state index in [1.807, 2.05) is 12.1 Å². The number of hydrogen-bond donors (Lipinski definition) is 0. The summed E-state index contributed by atoms with van der Waals surface area (Å²) in [4.78, 5) is 21.7. The Bertz CT molecular complexity index is 605. The highest BCUT2D eigenvalue weighted by Gasteiger charge is 2.13. The van der Waals surface area contributed by atoms with Crippen LogP contribution in [0.15, 0.2) is 36.8 Å². The lowest BCUT2D eigenvalue weighted by atomic mass is 10.2. The number of likely N-dealkylation sites (N-methyl/N-ethyl adjacent to an activating group) is 1. The maximum Gasteiger partial charge on any atom is 0.255 e. The molecule has 0 radical (unpaired) electrons. The van der Waals surface area contributed by atoms with E-state index in [9.17, 15) is 4.79 Å². The largest absolute Gasteiger partial charge is 0.341 e. The van der Waals surface area contributed by atoms with E-state index in [4.69, 9.17) is 23.2 Å². The van der Waals surface area contributed by atoms with E-state index >= 15 is 0 Å². The van der Waals surface area contributed by atoms with Crippen LogP contribution in [0.4, 0.5) is 0 Å². The summed E-state index contributed by atoms with van der Waals surface area (Å²) in [5, 5.41) is 0.475. The van der Waals surface area contributed by atoms with Crippen LogP contribution in [0.25, 0.3) is 0 Å². The number of carbonyl (C=O) groups excluding carboxylic acids is 1. The van der Waals surface area contributed by atoms with Gasteiger partial charge in [-0.15, -0.1) is 0 Å². The van der Waals surface area contributed by atoms with Crippen molar-refractivity contribution in [2.45, 2.75) is 6.42 Å². The summed E-state index contributed by atoms with van der Waals surface area (Å²) in [6.07, 6.45) is 5.67. The first-order chi connectivity index (χ1) is 9.58. The van der Waals surface area contributed by atoms with Crippen molar-refractivity contribution in [1.82, 2.24) is 14.9 Å². The molecular formula is C14H13Cl2N3O. The molecule has 20 heavy (non-hydrogen) atoms. The van der Waals surface area contributed by atoms with Gasteiger partial charge in [-0.05, 0) is 30.2 Å². The molecule has 0 aliphatic rings. The molecule has 2 rings (SSSR count). The van der Waals surface area contributed by atoms with E-state index in [-0.39, 0.29) is 16.1 Å². The smallest absolute Gasteiger partial charge is 0.255 e. The molecule has 2 heterocycles. The zero-order valence-electron chi connectivity index (χ0n) is 10.9. The predicted molar refractivity (Wildman–Crippen MR) is 79.2 cm³/mol. The predicted octanol–water partition coefficient (Wildman–Crippen LogP) is 3.10. The number of amides is 1. The van der Waals surface area contributed by atoms with Crippen LogP contribution < -0.4 is 0 Å².